The van der Waals surface area contributed by atoms with Gasteiger partial charge in [-0.25, -0.2) is 4.68 Å². The van der Waals surface area contributed by atoms with Crippen molar-refractivity contribution in [2.24, 2.45) is 0 Å². The Kier molecular flexibility index (Phi) is 4.02. The second-order valence-corrected chi connectivity index (χ2v) is 4.77. The predicted molar refractivity (Wildman–Crippen MR) is 75.8 cm³/mol. The molecule has 1 heterocycles. The summed E-state index contributed by atoms with van der Waals surface area (Å²) in [5, 5.41) is 14.0. The first-order valence-corrected chi connectivity index (χ1v) is 6.28. The minimum Gasteiger partial charge on any atom is -0.234 e. The lowest BCUT2D eigenvalue weighted by Crippen LogP contribution is -2.03. The zero-order chi connectivity index (χ0) is 14.0. The second-order valence-electron chi connectivity index (χ2n) is 3.60. The number of benzene rings is 1. The normalized spacial score (nSPS) is 9.95. The van der Waals surface area contributed by atoms with Gasteiger partial charge in [-0.1, -0.05) is 34.8 Å². The lowest BCUT2D eigenvalue weighted by molar-refractivity contribution is 0.833. The van der Waals surface area contributed by atoms with Crippen molar-refractivity contribution in [1.29, 1.82) is 5.26 Å². The van der Waals surface area contributed by atoms with Crippen LogP contribution in [0.3, 0.4) is 0 Å². The van der Waals surface area contributed by atoms with Gasteiger partial charge in [0, 0.05) is 0 Å². The minimum absolute atomic E-state index is 0.237. The Balaban J connectivity index is 2.67. The number of aromatic nitrogens is 2. The molecule has 6 heteroatoms. The zero-order valence-electron chi connectivity index (χ0n) is 9.49. The highest BCUT2D eigenvalue weighted by Gasteiger charge is 2.16. The summed E-state index contributed by atoms with van der Waals surface area (Å²) in [7, 11) is 0. The molecule has 94 valence electrons. The molecule has 0 aliphatic rings. The molecule has 0 aliphatic carbocycles. The summed E-state index contributed by atoms with van der Waals surface area (Å²) in [6.07, 6.45) is 7.00. The first kappa shape index (κ1) is 13.8. The molecular formula is C13H6Cl3N3. The lowest BCUT2D eigenvalue weighted by atomic mass is 10.2. The smallest absolute Gasteiger partial charge is 0.103 e. The number of rotatable bonds is 2. The van der Waals surface area contributed by atoms with E-state index >= 15 is 0 Å². The molecular weight excluding hydrogens is 305 g/mol. The van der Waals surface area contributed by atoms with Gasteiger partial charge in [-0.15, -0.1) is 12.3 Å². The van der Waals surface area contributed by atoms with Crippen molar-refractivity contribution >= 4 is 34.8 Å². The summed E-state index contributed by atoms with van der Waals surface area (Å²) >= 11 is 18.0. The van der Waals surface area contributed by atoms with Crippen LogP contribution < -0.4 is 0 Å². The molecule has 0 N–H and O–H groups in total. The van der Waals surface area contributed by atoms with E-state index in [9.17, 15) is 0 Å². The average Bonchev–Trinajstić information content (AvgIpc) is 2.80. The third-order valence-corrected chi connectivity index (χ3v) is 3.79. The van der Waals surface area contributed by atoms with Crippen LogP contribution in [-0.2, 0) is 6.42 Å². The van der Waals surface area contributed by atoms with Crippen LogP contribution >= 0.6 is 34.8 Å². The van der Waals surface area contributed by atoms with Gasteiger partial charge in [0.15, 0.2) is 0 Å². The van der Waals surface area contributed by atoms with Gasteiger partial charge in [-0.2, -0.15) is 10.4 Å². The average molecular weight is 311 g/mol. The number of terminal acetylenes is 1. The summed E-state index contributed by atoms with van der Waals surface area (Å²) in [4.78, 5) is 0. The minimum atomic E-state index is 0.237. The molecule has 0 atom stereocenters. The zero-order valence-corrected chi connectivity index (χ0v) is 11.8. The van der Waals surface area contributed by atoms with Crippen LogP contribution in [-0.4, -0.2) is 9.78 Å². The fraction of sp³-hybridized carbons (Fsp3) is 0.0769. The van der Waals surface area contributed by atoms with Gasteiger partial charge in [0.2, 0.25) is 0 Å². The standard InChI is InChI=1S/C13H6Cl3N3/c1-2-3-10-8(6-17)7-18-19(10)11-5-4-9(14)12(15)13(11)16/h1,4-5,7H,3H2. The molecule has 0 saturated heterocycles. The number of halogens is 3. The maximum Gasteiger partial charge on any atom is 0.103 e. The molecule has 0 spiro atoms. The molecule has 0 bridgehead atoms. The first-order chi connectivity index (χ1) is 9.10. The predicted octanol–water partition coefficient (Wildman–Crippen LogP) is 3.88. The van der Waals surface area contributed by atoms with Crippen molar-refractivity contribution < 1.29 is 0 Å². The van der Waals surface area contributed by atoms with Crippen LogP contribution in [0.4, 0.5) is 0 Å². The highest BCUT2D eigenvalue weighted by Crippen LogP contribution is 2.35. The number of nitriles is 1. The fourth-order valence-electron chi connectivity index (χ4n) is 1.62. The fourth-order valence-corrected chi connectivity index (χ4v) is 2.23. The Hall–Kier alpha value is -1.65. The van der Waals surface area contributed by atoms with E-state index in [2.05, 4.69) is 11.0 Å². The molecule has 1 aromatic carbocycles. The number of nitrogens with zero attached hydrogens (tertiary/aromatic N) is 3. The monoisotopic (exact) mass is 309 g/mol. The van der Waals surface area contributed by atoms with Crippen LogP contribution in [0.1, 0.15) is 11.3 Å². The molecule has 2 rings (SSSR count). The van der Waals surface area contributed by atoms with Gasteiger partial charge >= 0.3 is 0 Å². The lowest BCUT2D eigenvalue weighted by Gasteiger charge is -2.10. The van der Waals surface area contributed by atoms with Gasteiger partial charge in [-0.05, 0) is 12.1 Å². The molecule has 2 aromatic rings. The third-order valence-electron chi connectivity index (χ3n) is 2.50. The number of hydrogen-bond donors (Lipinski definition) is 0. The quantitative estimate of drug-likeness (QED) is 0.624. The topological polar surface area (TPSA) is 41.6 Å². The van der Waals surface area contributed by atoms with Crippen LogP contribution in [0.25, 0.3) is 5.69 Å². The molecule has 0 fully saturated rings. The summed E-state index contributed by atoms with van der Waals surface area (Å²) < 4.78 is 1.50. The molecule has 3 nitrogen and oxygen atoms in total. The Morgan fingerprint density at radius 1 is 1.26 bits per heavy atom. The summed E-state index contributed by atoms with van der Waals surface area (Å²) in [6, 6.07) is 5.32. The molecule has 0 amide bonds. The van der Waals surface area contributed by atoms with E-state index in [1.54, 1.807) is 12.1 Å². The van der Waals surface area contributed by atoms with Crippen molar-refractivity contribution in [2.45, 2.75) is 6.42 Å². The molecule has 19 heavy (non-hydrogen) atoms. The van der Waals surface area contributed by atoms with Crippen molar-refractivity contribution in [3.63, 3.8) is 0 Å². The van der Waals surface area contributed by atoms with E-state index in [0.717, 1.165) is 0 Å². The third kappa shape index (κ3) is 2.41. The van der Waals surface area contributed by atoms with Crippen molar-refractivity contribution in [2.75, 3.05) is 0 Å². The van der Waals surface area contributed by atoms with Crippen LogP contribution in [0.2, 0.25) is 15.1 Å². The van der Waals surface area contributed by atoms with Gasteiger partial charge in [-0.3, -0.25) is 0 Å². The van der Waals surface area contributed by atoms with Crippen LogP contribution in [0, 0.1) is 23.7 Å². The Bertz CT molecular complexity index is 720. The molecule has 1 aromatic heterocycles. The van der Waals surface area contributed by atoms with E-state index in [4.69, 9.17) is 46.5 Å². The van der Waals surface area contributed by atoms with Crippen molar-refractivity contribution in [3.05, 3.63) is 44.7 Å². The van der Waals surface area contributed by atoms with Gasteiger partial charge in [0.05, 0.1) is 44.6 Å². The first-order valence-electron chi connectivity index (χ1n) is 5.14. The van der Waals surface area contributed by atoms with Gasteiger partial charge < -0.3 is 0 Å². The van der Waals surface area contributed by atoms with E-state index in [-0.39, 0.29) is 16.5 Å². The van der Waals surface area contributed by atoms with Crippen molar-refractivity contribution in [1.82, 2.24) is 9.78 Å². The van der Waals surface area contributed by atoms with Crippen LogP contribution in [0.5, 0.6) is 0 Å². The molecule has 0 saturated carbocycles. The summed E-state index contributed by atoms with van der Waals surface area (Å²) in [5.41, 5.74) is 1.52. The number of hydrogen-bond acceptors (Lipinski definition) is 2. The van der Waals surface area contributed by atoms with Gasteiger partial charge in [0.1, 0.15) is 6.07 Å². The SMILES string of the molecule is C#CCc1c(C#N)cnn1-c1ccc(Cl)c(Cl)c1Cl. The summed E-state index contributed by atoms with van der Waals surface area (Å²) in [5.74, 6) is 2.49. The molecule has 0 unspecified atom stereocenters. The second kappa shape index (κ2) is 5.55. The largest absolute Gasteiger partial charge is 0.234 e. The maximum absolute atomic E-state index is 9.02. The highest BCUT2D eigenvalue weighted by molar-refractivity contribution is 6.48. The Morgan fingerprint density at radius 2 is 2.00 bits per heavy atom. The summed E-state index contributed by atoms with van der Waals surface area (Å²) in [6.45, 7) is 0. The molecule has 0 aliphatic heterocycles. The van der Waals surface area contributed by atoms with E-state index in [1.165, 1.54) is 10.9 Å². The Labute approximate surface area is 125 Å². The maximum atomic E-state index is 9.02. The van der Waals surface area contributed by atoms with E-state index in [0.29, 0.717) is 22.0 Å². The Morgan fingerprint density at radius 3 is 2.63 bits per heavy atom. The highest BCUT2D eigenvalue weighted by atomic mass is 35.5. The van der Waals surface area contributed by atoms with Crippen molar-refractivity contribution in [3.8, 4) is 24.1 Å². The molecule has 0 radical (unpaired) electrons. The van der Waals surface area contributed by atoms with Gasteiger partial charge in [0.25, 0.3) is 0 Å². The van der Waals surface area contributed by atoms with Crippen LogP contribution in [0.15, 0.2) is 18.3 Å². The van der Waals surface area contributed by atoms with E-state index in [1.807, 2.05) is 6.07 Å². The van der Waals surface area contributed by atoms with E-state index < -0.39 is 0 Å².